The number of carbonyl (C=O) groups excluding carboxylic acids is 2. The van der Waals surface area contributed by atoms with Gasteiger partial charge in [0.15, 0.2) is 0 Å². The minimum atomic E-state index is -0.565. The SMILES string of the molecule is COc1cc(OC)cc(C(=O)NNC(=O)c2ccc(=O)[nH]c2)c1. The number of amides is 2. The van der Waals surface area contributed by atoms with Crippen LogP contribution in [0.1, 0.15) is 20.7 Å². The average molecular weight is 317 g/mol. The number of hydrogen-bond acceptors (Lipinski definition) is 5. The van der Waals surface area contributed by atoms with Crippen LogP contribution in [0.4, 0.5) is 0 Å². The lowest BCUT2D eigenvalue weighted by molar-refractivity contribution is 0.0846. The molecule has 0 bridgehead atoms. The van der Waals surface area contributed by atoms with Gasteiger partial charge in [-0.3, -0.25) is 25.2 Å². The van der Waals surface area contributed by atoms with Crippen molar-refractivity contribution in [3.8, 4) is 11.5 Å². The van der Waals surface area contributed by atoms with E-state index >= 15 is 0 Å². The molecular formula is C15H15N3O5. The number of H-pyrrole nitrogens is 1. The third kappa shape index (κ3) is 4.10. The molecule has 1 aromatic carbocycles. The molecule has 0 aliphatic carbocycles. The molecule has 0 saturated heterocycles. The van der Waals surface area contributed by atoms with Crippen molar-refractivity contribution in [2.75, 3.05) is 14.2 Å². The number of ether oxygens (including phenoxy) is 2. The highest BCUT2D eigenvalue weighted by atomic mass is 16.5. The molecule has 2 amide bonds. The zero-order valence-electron chi connectivity index (χ0n) is 12.5. The summed E-state index contributed by atoms with van der Waals surface area (Å²) in [6, 6.07) is 7.18. The molecule has 0 aliphatic heterocycles. The predicted molar refractivity (Wildman–Crippen MR) is 81.5 cm³/mol. The smallest absolute Gasteiger partial charge is 0.271 e. The van der Waals surface area contributed by atoms with E-state index in [1.54, 1.807) is 6.07 Å². The van der Waals surface area contributed by atoms with Crippen molar-refractivity contribution in [1.29, 1.82) is 0 Å². The molecular weight excluding hydrogens is 302 g/mol. The van der Waals surface area contributed by atoms with E-state index in [1.807, 2.05) is 0 Å². The lowest BCUT2D eigenvalue weighted by atomic mass is 10.2. The maximum absolute atomic E-state index is 12.1. The first-order valence-corrected chi connectivity index (χ1v) is 6.56. The summed E-state index contributed by atoms with van der Waals surface area (Å²) in [4.78, 5) is 37.2. The maximum atomic E-state index is 12.1. The van der Waals surface area contributed by atoms with Crippen molar-refractivity contribution >= 4 is 11.8 Å². The number of aromatic amines is 1. The molecule has 0 fully saturated rings. The Labute approximate surface area is 131 Å². The predicted octanol–water partition coefficient (Wildman–Crippen LogP) is 0.467. The van der Waals surface area contributed by atoms with Gasteiger partial charge in [-0.25, -0.2) is 0 Å². The van der Waals surface area contributed by atoms with E-state index in [1.165, 1.54) is 44.7 Å². The van der Waals surface area contributed by atoms with Gasteiger partial charge < -0.3 is 14.5 Å². The van der Waals surface area contributed by atoms with Crippen molar-refractivity contribution in [3.63, 3.8) is 0 Å². The van der Waals surface area contributed by atoms with E-state index in [-0.39, 0.29) is 16.7 Å². The Morgan fingerprint density at radius 3 is 1.96 bits per heavy atom. The van der Waals surface area contributed by atoms with Crippen LogP contribution < -0.4 is 25.9 Å². The second-order valence-electron chi connectivity index (χ2n) is 4.45. The third-order valence-corrected chi connectivity index (χ3v) is 2.95. The first-order valence-electron chi connectivity index (χ1n) is 6.56. The largest absolute Gasteiger partial charge is 0.497 e. The lowest BCUT2D eigenvalue weighted by Crippen LogP contribution is -2.41. The first kappa shape index (κ1) is 16.1. The van der Waals surface area contributed by atoms with E-state index < -0.39 is 11.8 Å². The van der Waals surface area contributed by atoms with Crippen molar-refractivity contribution < 1.29 is 19.1 Å². The summed E-state index contributed by atoms with van der Waals surface area (Å²) in [5, 5.41) is 0. The molecule has 0 spiro atoms. The highest BCUT2D eigenvalue weighted by Gasteiger charge is 2.12. The zero-order chi connectivity index (χ0) is 16.8. The van der Waals surface area contributed by atoms with Crippen LogP contribution in [0.25, 0.3) is 0 Å². The number of rotatable bonds is 4. The molecule has 1 heterocycles. The number of hydrazine groups is 1. The number of hydrogen-bond donors (Lipinski definition) is 3. The molecule has 0 saturated carbocycles. The van der Waals surface area contributed by atoms with Crippen molar-refractivity contribution in [1.82, 2.24) is 15.8 Å². The summed E-state index contributed by atoms with van der Waals surface area (Å²) >= 11 is 0. The maximum Gasteiger partial charge on any atom is 0.271 e. The fourth-order valence-corrected chi connectivity index (χ4v) is 1.75. The van der Waals surface area contributed by atoms with E-state index in [4.69, 9.17) is 9.47 Å². The molecule has 1 aromatic heterocycles. The van der Waals surface area contributed by atoms with Gasteiger partial charge in [0.25, 0.3) is 11.8 Å². The quantitative estimate of drug-likeness (QED) is 0.710. The number of nitrogens with one attached hydrogen (secondary N) is 3. The van der Waals surface area contributed by atoms with Gasteiger partial charge in [-0.05, 0) is 18.2 Å². The lowest BCUT2D eigenvalue weighted by Gasteiger charge is -2.10. The van der Waals surface area contributed by atoms with Crippen LogP contribution in [-0.2, 0) is 0 Å². The number of carbonyl (C=O) groups is 2. The van der Waals surface area contributed by atoms with Gasteiger partial charge in [-0.15, -0.1) is 0 Å². The van der Waals surface area contributed by atoms with Crippen LogP contribution in [0.5, 0.6) is 11.5 Å². The Hall–Kier alpha value is -3.29. The highest BCUT2D eigenvalue weighted by molar-refractivity contribution is 5.99. The highest BCUT2D eigenvalue weighted by Crippen LogP contribution is 2.22. The third-order valence-electron chi connectivity index (χ3n) is 2.95. The fraction of sp³-hybridized carbons (Fsp3) is 0.133. The molecule has 23 heavy (non-hydrogen) atoms. The average Bonchev–Trinajstić information content (AvgIpc) is 2.59. The van der Waals surface area contributed by atoms with Crippen LogP contribution in [0.15, 0.2) is 41.3 Å². The van der Waals surface area contributed by atoms with Crippen LogP contribution in [0, 0.1) is 0 Å². The Morgan fingerprint density at radius 1 is 0.913 bits per heavy atom. The summed E-state index contributed by atoms with van der Waals surface area (Å²) in [6.45, 7) is 0. The fourth-order valence-electron chi connectivity index (χ4n) is 1.75. The van der Waals surface area contributed by atoms with Gasteiger partial charge in [0.05, 0.1) is 19.8 Å². The van der Waals surface area contributed by atoms with Crippen LogP contribution >= 0.6 is 0 Å². The number of benzene rings is 1. The van der Waals surface area contributed by atoms with Crippen LogP contribution in [-0.4, -0.2) is 31.0 Å². The van der Waals surface area contributed by atoms with E-state index in [0.717, 1.165) is 0 Å². The Bertz CT molecular complexity index is 742. The Balaban J connectivity index is 2.06. The summed E-state index contributed by atoms with van der Waals surface area (Å²) in [6.07, 6.45) is 1.25. The van der Waals surface area contributed by atoms with E-state index in [2.05, 4.69) is 15.8 Å². The van der Waals surface area contributed by atoms with Crippen molar-refractivity contribution in [3.05, 3.63) is 58.0 Å². The van der Waals surface area contributed by atoms with Gasteiger partial charge >= 0.3 is 0 Å². The summed E-state index contributed by atoms with van der Waals surface area (Å²) in [7, 11) is 2.93. The molecule has 120 valence electrons. The minimum Gasteiger partial charge on any atom is -0.497 e. The Kier molecular flexibility index (Phi) is 4.98. The van der Waals surface area contributed by atoms with Gasteiger partial charge in [0.2, 0.25) is 5.56 Å². The summed E-state index contributed by atoms with van der Waals surface area (Å²) in [5.41, 5.74) is 4.65. The summed E-state index contributed by atoms with van der Waals surface area (Å²) < 4.78 is 10.1. The molecule has 0 atom stereocenters. The number of pyridine rings is 1. The molecule has 2 aromatic rings. The molecule has 0 aliphatic rings. The molecule has 8 heteroatoms. The molecule has 0 unspecified atom stereocenters. The Morgan fingerprint density at radius 2 is 1.48 bits per heavy atom. The normalized spacial score (nSPS) is 9.83. The monoisotopic (exact) mass is 317 g/mol. The second-order valence-corrected chi connectivity index (χ2v) is 4.45. The number of methoxy groups -OCH3 is 2. The van der Waals surface area contributed by atoms with E-state index in [0.29, 0.717) is 11.5 Å². The van der Waals surface area contributed by atoms with Crippen LogP contribution in [0.3, 0.4) is 0 Å². The van der Waals surface area contributed by atoms with Gasteiger partial charge in [-0.2, -0.15) is 0 Å². The van der Waals surface area contributed by atoms with Crippen molar-refractivity contribution in [2.24, 2.45) is 0 Å². The van der Waals surface area contributed by atoms with E-state index in [9.17, 15) is 14.4 Å². The molecule has 0 radical (unpaired) electrons. The van der Waals surface area contributed by atoms with Gasteiger partial charge in [0.1, 0.15) is 11.5 Å². The van der Waals surface area contributed by atoms with Gasteiger partial charge in [-0.1, -0.05) is 0 Å². The minimum absolute atomic E-state index is 0.202. The molecule has 2 rings (SSSR count). The molecule has 3 N–H and O–H groups in total. The summed E-state index contributed by atoms with van der Waals surface area (Å²) in [5.74, 6) is -0.215. The molecule has 8 nitrogen and oxygen atoms in total. The van der Waals surface area contributed by atoms with Crippen molar-refractivity contribution in [2.45, 2.75) is 0 Å². The topological polar surface area (TPSA) is 110 Å². The zero-order valence-corrected chi connectivity index (χ0v) is 12.5. The first-order chi connectivity index (χ1) is 11.0. The standard InChI is InChI=1S/C15H15N3O5/c1-22-11-5-10(6-12(7-11)23-2)15(21)18-17-14(20)9-3-4-13(19)16-8-9/h3-8H,1-2H3,(H,16,19)(H,17,20)(H,18,21). The van der Waals surface area contributed by atoms with Gasteiger partial charge in [0, 0.05) is 23.9 Å². The number of aromatic nitrogens is 1. The second kappa shape index (κ2) is 7.12. The van der Waals surface area contributed by atoms with Crippen LogP contribution in [0.2, 0.25) is 0 Å².